The number of hydrogen-bond acceptors (Lipinski definition) is 14. The van der Waals surface area contributed by atoms with Crippen molar-refractivity contribution in [1.82, 2.24) is 19.1 Å². The number of hydrogen-bond donors (Lipinski definition) is 3. The first-order valence-corrected chi connectivity index (χ1v) is 17.5. The summed E-state index contributed by atoms with van der Waals surface area (Å²) in [6, 6.07) is 5.99. The lowest BCUT2D eigenvalue weighted by Gasteiger charge is -2.27. The zero-order chi connectivity index (χ0) is 37.0. The number of aromatic nitrogens is 4. The summed E-state index contributed by atoms with van der Waals surface area (Å²) in [4.78, 5) is 46.1. The molecule has 6 rings (SSSR count). The maximum Gasteiger partial charge on any atom is 0.303 e. The number of carbonyl (C=O) groups is 3. The molecule has 8 atom stereocenters. The molecule has 4 aromatic rings. The summed E-state index contributed by atoms with van der Waals surface area (Å²) >= 11 is 27.5. The number of rotatable bonds is 9. The lowest BCUT2D eigenvalue weighted by Crippen LogP contribution is -2.40. The number of ether oxygens (including phenoxy) is 5. The van der Waals surface area contributed by atoms with E-state index in [1.165, 1.54) is 43.4 Å². The Morgan fingerprint density at radius 2 is 1.24 bits per heavy atom. The second-order valence-corrected chi connectivity index (χ2v) is 14.2. The number of esters is 3. The standard InChI is InChI=1S/C30H28Cl4IN5O11/c1-10(42)47-9-22-25(48-11(2)43)26(49-12(3)44)28(51-22)39-20-7-16(34)14(32)5-18(20)37-30(39)40(35)29-36-17-4-13(31)15(33)6-19(17)38(29)27-24(46)23(45)21(8-41)50-27/h4-7,21-28,41,45-46H,8-9H2,1-3H3/t21-,22-,23-,24-,25-,26-,27-,28-/m1/s1. The number of halogens is 5. The number of fused-ring (bicyclic) bond motifs is 2. The van der Waals surface area contributed by atoms with Crippen LogP contribution < -0.4 is 3.11 Å². The van der Waals surface area contributed by atoms with Gasteiger partial charge in [0, 0.05) is 20.8 Å². The summed E-state index contributed by atoms with van der Waals surface area (Å²) in [5.74, 6) is -1.98. The van der Waals surface area contributed by atoms with E-state index >= 15 is 0 Å². The largest absolute Gasteiger partial charge is 0.463 e. The Labute approximate surface area is 322 Å². The topological polar surface area (TPSA) is 197 Å². The van der Waals surface area contributed by atoms with Crippen molar-refractivity contribution >= 4 is 121 Å². The minimum absolute atomic E-state index is 0.0568. The van der Waals surface area contributed by atoms with E-state index < -0.39 is 73.6 Å². The summed E-state index contributed by atoms with van der Waals surface area (Å²) in [5, 5.41) is 32.3. The second kappa shape index (κ2) is 15.0. The Kier molecular flexibility index (Phi) is 11.2. The van der Waals surface area contributed by atoms with Crippen molar-refractivity contribution in [3.63, 3.8) is 0 Å². The first-order valence-electron chi connectivity index (χ1n) is 15.1. The van der Waals surface area contributed by atoms with Gasteiger partial charge in [-0.15, -0.1) is 0 Å². The van der Waals surface area contributed by atoms with Gasteiger partial charge >= 0.3 is 17.9 Å². The second-order valence-electron chi connectivity index (χ2n) is 11.6. The maximum atomic E-state index is 12.5. The summed E-state index contributed by atoms with van der Waals surface area (Å²) in [5.41, 5.74) is 1.25. The summed E-state index contributed by atoms with van der Waals surface area (Å²) in [7, 11) is 0. The van der Waals surface area contributed by atoms with Crippen LogP contribution in [0, 0.1) is 0 Å². The molecule has 4 heterocycles. The van der Waals surface area contributed by atoms with Crippen LogP contribution in [0.15, 0.2) is 24.3 Å². The third kappa shape index (κ3) is 7.17. The van der Waals surface area contributed by atoms with Gasteiger partial charge in [-0.25, -0.2) is 13.1 Å². The highest BCUT2D eigenvalue weighted by Gasteiger charge is 2.52. The van der Waals surface area contributed by atoms with Crippen molar-refractivity contribution in [3.8, 4) is 0 Å². The van der Waals surface area contributed by atoms with Crippen molar-refractivity contribution in [2.45, 2.75) is 69.9 Å². The van der Waals surface area contributed by atoms with Gasteiger partial charge in [0.1, 0.15) is 31.0 Å². The van der Waals surface area contributed by atoms with Crippen LogP contribution in [0.1, 0.15) is 33.2 Å². The fourth-order valence-corrected chi connectivity index (χ4v) is 7.33. The predicted molar refractivity (Wildman–Crippen MR) is 190 cm³/mol. The Morgan fingerprint density at radius 3 is 1.71 bits per heavy atom. The average molecular weight is 903 g/mol. The molecule has 2 aromatic heterocycles. The number of nitrogens with zero attached hydrogens (tertiary/aromatic N) is 5. The molecule has 16 nitrogen and oxygen atoms in total. The zero-order valence-corrected chi connectivity index (χ0v) is 31.8. The molecule has 0 spiro atoms. The van der Waals surface area contributed by atoms with Gasteiger partial charge in [-0.05, 0) is 24.3 Å². The van der Waals surface area contributed by atoms with Gasteiger partial charge in [0.25, 0.3) is 0 Å². The minimum Gasteiger partial charge on any atom is -0.463 e. The van der Waals surface area contributed by atoms with Crippen molar-refractivity contribution in [3.05, 3.63) is 44.4 Å². The molecule has 2 saturated heterocycles. The van der Waals surface area contributed by atoms with Crippen LogP contribution in [0.3, 0.4) is 0 Å². The van der Waals surface area contributed by atoms with Crippen molar-refractivity contribution in [1.29, 1.82) is 0 Å². The molecule has 0 unspecified atom stereocenters. The van der Waals surface area contributed by atoms with E-state index in [0.717, 1.165) is 13.8 Å². The first kappa shape index (κ1) is 38.0. The molecule has 2 aliphatic rings. The van der Waals surface area contributed by atoms with Gasteiger partial charge < -0.3 is 39.0 Å². The van der Waals surface area contributed by atoms with Crippen LogP contribution in [0.25, 0.3) is 22.1 Å². The molecule has 0 bridgehead atoms. The Morgan fingerprint density at radius 1 is 0.765 bits per heavy atom. The molecule has 0 amide bonds. The normalized spacial score (nSPS) is 26.2. The van der Waals surface area contributed by atoms with E-state index in [-0.39, 0.29) is 38.6 Å². The molecule has 2 aliphatic heterocycles. The molecule has 21 heteroatoms. The third-order valence-electron chi connectivity index (χ3n) is 8.14. The first-order chi connectivity index (χ1) is 24.1. The molecular formula is C30H28Cl4IN5O11. The van der Waals surface area contributed by atoms with Crippen LogP contribution in [0.2, 0.25) is 20.1 Å². The SMILES string of the molecule is CC(=O)OC[C@H]1O[C@@H](n2c(N(I)c3nc4cc(Cl)c(Cl)cc4n3[C@@H]3O[C@H](CO)[C@@H](O)[C@H]3O)nc3cc(Cl)c(Cl)cc32)[C@H](OC(C)=O)[C@@H]1OC(C)=O. The minimum atomic E-state index is -1.54. The highest BCUT2D eigenvalue weighted by atomic mass is 127. The number of benzene rings is 2. The number of carbonyl (C=O) groups excluding carboxylic acids is 3. The molecule has 2 fully saturated rings. The number of anilines is 2. The highest BCUT2D eigenvalue weighted by molar-refractivity contribution is 14.1. The highest BCUT2D eigenvalue weighted by Crippen LogP contribution is 2.45. The average Bonchev–Trinajstić information content (AvgIpc) is 3.77. The van der Waals surface area contributed by atoms with Crippen molar-refractivity contribution in [2.75, 3.05) is 16.3 Å². The van der Waals surface area contributed by atoms with Crippen molar-refractivity contribution in [2.24, 2.45) is 0 Å². The van der Waals surface area contributed by atoms with E-state index in [1.54, 1.807) is 0 Å². The summed E-state index contributed by atoms with van der Waals surface area (Å²) in [6.07, 6.45) is -10.4. The van der Waals surface area contributed by atoms with Gasteiger partial charge in [-0.1, -0.05) is 46.4 Å². The fourth-order valence-electron chi connectivity index (χ4n) is 6.02. The van der Waals surface area contributed by atoms with E-state index in [9.17, 15) is 29.7 Å². The van der Waals surface area contributed by atoms with Crippen LogP contribution >= 0.6 is 69.3 Å². The van der Waals surface area contributed by atoms with Crippen LogP contribution in [0.4, 0.5) is 11.9 Å². The fraction of sp³-hybridized carbons (Fsp3) is 0.433. The van der Waals surface area contributed by atoms with Gasteiger partial charge in [-0.2, -0.15) is 0 Å². The third-order valence-corrected chi connectivity index (χ3v) is 10.5. The van der Waals surface area contributed by atoms with Gasteiger partial charge in [0.05, 0.1) is 71.6 Å². The Bertz CT molecular complexity index is 2030. The van der Waals surface area contributed by atoms with Crippen LogP contribution in [-0.2, 0) is 38.1 Å². The lowest BCUT2D eigenvalue weighted by atomic mass is 10.1. The quantitative estimate of drug-likeness (QED) is 0.0924. The molecule has 274 valence electrons. The van der Waals surface area contributed by atoms with Gasteiger partial charge in [0.2, 0.25) is 11.9 Å². The summed E-state index contributed by atoms with van der Waals surface area (Å²) in [6.45, 7) is 2.55. The molecule has 0 saturated carbocycles. The number of aliphatic hydroxyl groups excluding tert-OH is 3. The van der Waals surface area contributed by atoms with Crippen LogP contribution in [-0.4, -0.2) is 102 Å². The lowest BCUT2D eigenvalue weighted by molar-refractivity contribution is -0.166. The van der Waals surface area contributed by atoms with Crippen LogP contribution in [0.5, 0.6) is 0 Å². The molecule has 0 radical (unpaired) electrons. The van der Waals surface area contributed by atoms with Crippen molar-refractivity contribution < 1.29 is 53.4 Å². The molecule has 2 aromatic carbocycles. The van der Waals surface area contributed by atoms with E-state index in [1.807, 2.05) is 22.9 Å². The van der Waals surface area contributed by atoms with E-state index in [0.29, 0.717) is 22.1 Å². The summed E-state index contributed by atoms with van der Waals surface area (Å²) < 4.78 is 33.2. The van der Waals surface area contributed by atoms with Gasteiger partial charge in [0.15, 0.2) is 24.7 Å². The number of aliphatic hydroxyl groups is 3. The predicted octanol–water partition coefficient (Wildman–Crippen LogP) is 4.42. The maximum absolute atomic E-state index is 12.5. The smallest absolute Gasteiger partial charge is 0.303 e. The monoisotopic (exact) mass is 901 g/mol. The zero-order valence-electron chi connectivity index (χ0n) is 26.6. The molecule has 0 aliphatic carbocycles. The Balaban J connectivity index is 1.58. The van der Waals surface area contributed by atoms with Gasteiger partial charge in [-0.3, -0.25) is 23.5 Å². The van der Waals surface area contributed by atoms with E-state index in [2.05, 4.69) is 0 Å². The number of imidazole rings is 2. The Hall–Kier alpha value is -2.72. The van der Waals surface area contributed by atoms with E-state index in [4.69, 9.17) is 80.1 Å². The molecule has 51 heavy (non-hydrogen) atoms. The molecule has 3 N–H and O–H groups in total. The molecular weight excluding hydrogens is 875 g/mol.